The van der Waals surface area contributed by atoms with E-state index in [1.807, 2.05) is 0 Å². The number of phenols is 2. The van der Waals surface area contributed by atoms with Crippen LogP contribution in [0.15, 0.2) is 17.0 Å². The molecule has 0 heterocycles. The van der Waals surface area contributed by atoms with Gasteiger partial charge in [0.2, 0.25) is 0 Å². The summed E-state index contributed by atoms with van der Waals surface area (Å²) in [4.78, 5) is -0.847. The lowest BCUT2D eigenvalue weighted by molar-refractivity contribution is 0.397. The summed E-state index contributed by atoms with van der Waals surface area (Å²) in [7, 11) is -4.65. The van der Waals surface area contributed by atoms with Crippen molar-refractivity contribution in [3.63, 3.8) is 0 Å². The summed E-state index contributed by atoms with van der Waals surface area (Å²) in [6.45, 7) is 5.31. The average Bonchev–Trinajstić information content (AvgIpc) is 1.97. The highest BCUT2D eigenvalue weighted by molar-refractivity contribution is 7.86. The molecule has 0 bridgehead atoms. The predicted molar refractivity (Wildman–Crippen MR) is 58.3 cm³/mol. The first-order valence-corrected chi connectivity index (χ1v) is 6.02. The molecule has 0 amide bonds. The normalized spacial score (nSPS) is 12.8. The van der Waals surface area contributed by atoms with E-state index < -0.39 is 31.9 Å². The number of benzene rings is 1. The molecule has 0 aliphatic rings. The molecule has 0 spiro atoms. The standard InChI is InChI=1S/C10H14O5S/c1-10(2,3)6-4-5-7(11)9(8(6)12)16(13,14)15/h4-5,11-12H,1-3H3,(H,13,14,15). The summed E-state index contributed by atoms with van der Waals surface area (Å²) < 4.78 is 30.9. The van der Waals surface area contributed by atoms with Gasteiger partial charge in [-0.2, -0.15) is 8.42 Å². The number of hydrogen-bond acceptors (Lipinski definition) is 4. The zero-order chi connectivity index (χ0) is 12.7. The van der Waals surface area contributed by atoms with Crippen LogP contribution in [0.2, 0.25) is 0 Å². The fourth-order valence-corrected chi connectivity index (χ4v) is 2.11. The van der Waals surface area contributed by atoms with E-state index in [-0.39, 0.29) is 0 Å². The fraction of sp³-hybridized carbons (Fsp3) is 0.400. The van der Waals surface area contributed by atoms with E-state index in [4.69, 9.17) is 4.55 Å². The molecule has 0 saturated heterocycles. The van der Waals surface area contributed by atoms with Gasteiger partial charge in [0.05, 0.1) is 0 Å². The van der Waals surface area contributed by atoms with Crippen LogP contribution in [0.5, 0.6) is 11.5 Å². The molecule has 0 aromatic heterocycles. The highest BCUT2D eigenvalue weighted by Crippen LogP contribution is 2.39. The maximum atomic E-state index is 11.0. The van der Waals surface area contributed by atoms with Gasteiger partial charge in [0.1, 0.15) is 11.5 Å². The number of hydrogen-bond donors (Lipinski definition) is 3. The molecule has 90 valence electrons. The summed E-state index contributed by atoms with van der Waals surface area (Å²) >= 11 is 0. The molecular formula is C10H14O5S. The van der Waals surface area contributed by atoms with E-state index in [1.165, 1.54) is 6.07 Å². The summed E-state index contributed by atoms with van der Waals surface area (Å²) in [5, 5.41) is 19.1. The molecule has 0 aliphatic heterocycles. The molecule has 0 radical (unpaired) electrons. The first-order chi connectivity index (χ1) is 7.05. The number of rotatable bonds is 1. The van der Waals surface area contributed by atoms with Gasteiger partial charge in [-0.05, 0) is 11.5 Å². The monoisotopic (exact) mass is 246 g/mol. The van der Waals surface area contributed by atoms with Crippen molar-refractivity contribution in [3.05, 3.63) is 17.7 Å². The summed E-state index contributed by atoms with van der Waals surface area (Å²) in [5.74, 6) is -1.29. The highest BCUT2D eigenvalue weighted by Gasteiger charge is 2.27. The fourth-order valence-electron chi connectivity index (χ4n) is 1.42. The third kappa shape index (κ3) is 2.28. The number of aromatic hydroxyl groups is 2. The summed E-state index contributed by atoms with van der Waals surface area (Å²) in [6, 6.07) is 2.54. The van der Waals surface area contributed by atoms with E-state index >= 15 is 0 Å². The van der Waals surface area contributed by atoms with Crippen molar-refractivity contribution in [2.24, 2.45) is 0 Å². The molecular weight excluding hydrogens is 232 g/mol. The molecule has 1 aromatic rings. The van der Waals surface area contributed by atoms with Gasteiger partial charge in [-0.25, -0.2) is 0 Å². The Morgan fingerprint density at radius 2 is 1.62 bits per heavy atom. The molecule has 3 N–H and O–H groups in total. The SMILES string of the molecule is CC(C)(C)c1ccc(O)c(S(=O)(=O)O)c1O. The molecule has 5 nitrogen and oxygen atoms in total. The van der Waals surface area contributed by atoms with Gasteiger partial charge < -0.3 is 10.2 Å². The van der Waals surface area contributed by atoms with Crippen molar-refractivity contribution in [2.45, 2.75) is 31.1 Å². The lowest BCUT2D eigenvalue weighted by Crippen LogP contribution is -2.13. The van der Waals surface area contributed by atoms with Crippen LogP contribution >= 0.6 is 0 Å². The lowest BCUT2D eigenvalue weighted by Gasteiger charge is -2.21. The Morgan fingerprint density at radius 3 is 2.00 bits per heavy atom. The van der Waals surface area contributed by atoms with Crippen LogP contribution in [0.4, 0.5) is 0 Å². The average molecular weight is 246 g/mol. The third-order valence-electron chi connectivity index (χ3n) is 2.18. The van der Waals surface area contributed by atoms with E-state index in [0.717, 1.165) is 6.07 Å². The maximum Gasteiger partial charge on any atom is 0.301 e. The van der Waals surface area contributed by atoms with E-state index in [0.29, 0.717) is 5.56 Å². The van der Waals surface area contributed by atoms with Crippen molar-refractivity contribution >= 4 is 10.1 Å². The van der Waals surface area contributed by atoms with Gasteiger partial charge in [0, 0.05) is 5.56 Å². The van der Waals surface area contributed by atoms with Gasteiger partial charge in [0.15, 0.2) is 4.90 Å². The lowest BCUT2D eigenvalue weighted by atomic mass is 9.86. The van der Waals surface area contributed by atoms with Crippen LogP contribution in [-0.4, -0.2) is 23.2 Å². The van der Waals surface area contributed by atoms with Crippen LogP contribution < -0.4 is 0 Å². The molecule has 0 aliphatic carbocycles. The second kappa shape index (κ2) is 3.64. The van der Waals surface area contributed by atoms with E-state index in [1.54, 1.807) is 20.8 Å². The highest BCUT2D eigenvalue weighted by atomic mass is 32.2. The Balaban J connectivity index is 3.65. The van der Waals surface area contributed by atoms with Crippen LogP contribution in [0.25, 0.3) is 0 Å². The van der Waals surface area contributed by atoms with Gasteiger partial charge in [-0.1, -0.05) is 26.8 Å². The van der Waals surface area contributed by atoms with E-state index in [2.05, 4.69) is 0 Å². The molecule has 0 unspecified atom stereocenters. The zero-order valence-electron chi connectivity index (χ0n) is 9.22. The predicted octanol–water partition coefficient (Wildman–Crippen LogP) is 1.64. The van der Waals surface area contributed by atoms with Crippen LogP contribution in [0.1, 0.15) is 26.3 Å². The first-order valence-electron chi connectivity index (χ1n) is 4.58. The van der Waals surface area contributed by atoms with Gasteiger partial charge in [0.25, 0.3) is 0 Å². The minimum absolute atomic E-state index is 0.331. The van der Waals surface area contributed by atoms with E-state index in [9.17, 15) is 18.6 Å². The maximum absolute atomic E-state index is 11.0. The largest absolute Gasteiger partial charge is 0.506 e. The van der Waals surface area contributed by atoms with Gasteiger partial charge in [-0.15, -0.1) is 0 Å². The second-order valence-electron chi connectivity index (χ2n) is 4.54. The minimum Gasteiger partial charge on any atom is -0.506 e. The van der Waals surface area contributed by atoms with Crippen LogP contribution in [0.3, 0.4) is 0 Å². The minimum atomic E-state index is -4.65. The Labute approximate surface area is 94.1 Å². The molecule has 1 aromatic carbocycles. The van der Waals surface area contributed by atoms with Crippen molar-refractivity contribution in [2.75, 3.05) is 0 Å². The number of phenolic OH excluding ortho intramolecular Hbond substituents is 2. The summed E-state index contributed by atoms with van der Waals surface area (Å²) in [6.07, 6.45) is 0. The Kier molecular flexibility index (Phi) is 2.91. The third-order valence-corrected chi connectivity index (χ3v) is 3.10. The molecule has 0 saturated carbocycles. The topological polar surface area (TPSA) is 94.8 Å². The van der Waals surface area contributed by atoms with Gasteiger partial charge in [-0.3, -0.25) is 4.55 Å². The molecule has 0 atom stereocenters. The molecule has 6 heteroatoms. The Morgan fingerprint density at radius 1 is 1.12 bits per heavy atom. The van der Waals surface area contributed by atoms with Crippen molar-refractivity contribution in [3.8, 4) is 11.5 Å². The summed E-state index contributed by atoms with van der Waals surface area (Å²) in [5.41, 5.74) is -0.171. The second-order valence-corrected chi connectivity index (χ2v) is 5.89. The van der Waals surface area contributed by atoms with Gasteiger partial charge >= 0.3 is 10.1 Å². The van der Waals surface area contributed by atoms with Crippen molar-refractivity contribution < 1.29 is 23.2 Å². The Hall–Kier alpha value is -1.27. The molecule has 1 rings (SSSR count). The molecule has 0 fully saturated rings. The van der Waals surface area contributed by atoms with Crippen LogP contribution in [0, 0.1) is 0 Å². The molecule has 16 heavy (non-hydrogen) atoms. The van der Waals surface area contributed by atoms with Crippen molar-refractivity contribution in [1.82, 2.24) is 0 Å². The zero-order valence-corrected chi connectivity index (χ0v) is 10.0. The van der Waals surface area contributed by atoms with Crippen molar-refractivity contribution in [1.29, 1.82) is 0 Å². The Bertz CT molecular complexity index is 511. The quantitative estimate of drug-likeness (QED) is 0.655. The smallest absolute Gasteiger partial charge is 0.301 e. The first kappa shape index (κ1) is 12.8. The van der Waals surface area contributed by atoms with Crippen LogP contribution in [-0.2, 0) is 15.5 Å².